The largest absolute Gasteiger partial charge is 0.472 e. The van der Waals surface area contributed by atoms with E-state index >= 15 is 0 Å². The number of nitrogens with one attached hydrogen (secondary N) is 1. The second kappa shape index (κ2) is 7.30. The van der Waals surface area contributed by atoms with Crippen molar-refractivity contribution in [2.75, 3.05) is 6.54 Å². The van der Waals surface area contributed by atoms with Crippen LogP contribution in [0.1, 0.15) is 79.9 Å². The summed E-state index contributed by atoms with van der Waals surface area (Å²) in [6, 6.07) is 0.0947. The van der Waals surface area contributed by atoms with Crippen LogP contribution in [0, 0.1) is 17.3 Å². The third kappa shape index (κ3) is 3.54. The zero-order valence-electron chi connectivity index (χ0n) is 23.0. The van der Waals surface area contributed by atoms with Crippen LogP contribution in [-0.4, -0.2) is 29.8 Å². The Bertz CT molecular complexity index is 1000. The van der Waals surface area contributed by atoms with Gasteiger partial charge in [-0.3, -0.25) is 4.99 Å². The minimum Gasteiger partial charge on any atom is -0.472 e. The Morgan fingerprint density at radius 1 is 1.34 bits per heavy atom. The van der Waals surface area contributed by atoms with Gasteiger partial charge in [-0.1, -0.05) is 26.8 Å². The van der Waals surface area contributed by atoms with Crippen molar-refractivity contribution >= 4 is 17.5 Å². The fraction of sp³-hybridized carbons (Fsp3) is 0.720. The summed E-state index contributed by atoms with van der Waals surface area (Å²) < 4.78 is 47.7. The third-order valence-electron chi connectivity index (χ3n) is 6.83. The summed E-state index contributed by atoms with van der Waals surface area (Å²) in [5.74, 6) is 1.62. The van der Waals surface area contributed by atoms with Crippen molar-refractivity contribution in [3.8, 4) is 0 Å². The number of rotatable bonds is 2. The van der Waals surface area contributed by atoms with E-state index in [0.717, 1.165) is 47.5 Å². The molecule has 3 nitrogen and oxygen atoms in total. The van der Waals surface area contributed by atoms with E-state index < -0.39 is 18.6 Å². The van der Waals surface area contributed by atoms with E-state index in [4.69, 9.17) is 11.6 Å². The van der Waals surface area contributed by atoms with E-state index in [1.54, 1.807) is 11.8 Å². The van der Waals surface area contributed by atoms with Gasteiger partial charge >= 0.3 is 0 Å². The number of thioether (sulfide) groups is 1. The zero-order valence-corrected chi connectivity index (χ0v) is 18.8. The van der Waals surface area contributed by atoms with Crippen molar-refractivity contribution in [2.24, 2.45) is 22.2 Å². The fourth-order valence-electron chi connectivity index (χ4n) is 5.66. The van der Waals surface area contributed by atoms with Crippen molar-refractivity contribution in [3.05, 3.63) is 33.5 Å². The predicted molar refractivity (Wildman–Crippen MR) is 123 cm³/mol. The standard InChI is InChI=1S/C25H36N2OS/c1-14-9-10-18-16-7-6-8-19(22(16)28-24(18)27-14)21-23-17(11-12-26-21)20(15(2)29-23)13-25(3,4)5/h11,16,18,21,23-24,26H,6-10,12-13H2,1-5H3/t16-,18?,21?,23-,24?/m0/s1/i1D3,13D2. The van der Waals surface area contributed by atoms with Crippen molar-refractivity contribution < 1.29 is 11.6 Å². The SMILES string of the molecule is [2H]C([2H])([2H])C1=NC2OC3=C(C4NCC=C5C(C([2H])([2H])C(C)(C)C)=C(C)S[C@@H]54)CCC[C@H]3C2CC1. The van der Waals surface area contributed by atoms with Gasteiger partial charge in [0, 0.05) is 37.0 Å². The van der Waals surface area contributed by atoms with Gasteiger partial charge in [0.2, 0.25) is 0 Å². The Balaban J connectivity index is 1.47. The quantitative estimate of drug-likeness (QED) is 0.599. The summed E-state index contributed by atoms with van der Waals surface area (Å²) in [5, 5.41) is 3.84. The van der Waals surface area contributed by atoms with Crippen LogP contribution in [0.3, 0.4) is 0 Å². The normalized spacial score (nSPS) is 40.4. The molecule has 158 valence electrons. The third-order valence-corrected chi connectivity index (χ3v) is 8.17. The smallest absolute Gasteiger partial charge is 0.192 e. The van der Waals surface area contributed by atoms with E-state index in [1.165, 1.54) is 5.57 Å². The van der Waals surface area contributed by atoms with Gasteiger partial charge in [-0.25, -0.2) is 0 Å². The minimum absolute atomic E-state index is 0.0947. The Morgan fingerprint density at radius 2 is 2.21 bits per heavy atom. The van der Waals surface area contributed by atoms with Crippen LogP contribution in [-0.2, 0) is 4.74 Å². The fourth-order valence-corrected chi connectivity index (χ4v) is 7.06. The molecule has 1 saturated heterocycles. The molecular weight excluding hydrogens is 376 g/mol. The summed E-state index contributed by atoms with van der Waals surface area (Å²) in [7, 11) is 0. The molecule has 0 saturated carbocycles. The Labute approximate surface area is 187 Å². The van der Waals surface area contributed by atoms with Gasteiger partial charge in [0.1, 0.15) is 5.76 Å². The highest BCUT2D eigenvalue weighted by molar-refractivity contribution is 8.04. The van der Waals surface area contributed by atoms with Gasteiger partial charge < -0.3 is 10.1 Å². The van der Waals surface area contributed by atoms with Crippen LogP contribution in [0.5, 0.6) is 0 Å². The first-order valence-electron chi connectivity index (χ1n) is 13.6. The van der Waals surface area contributed by atoms with Gasteiger partial charge in [-0.15, -0.1) is 11.8 Å². The summed E-state index contributed by atoms with van der Waals surface area (Å²) in [6.45, 7) is 6.56. The van der Waals surface area contributed by atoms with E-state index in [-0.39, 0.29) is 23.4 Å². The van der Waals surface area contributed by atoms with Crippen LogP contribution in [0.4, 0.5) is 0 Å². The molecular formula is C25H36N2OS. The van der Waals surface area contributed by atoms with E-state index in [1.807, 2.05) is 20.8 Å². The summed E-state index contributed by atoms with van der Waals surface area (Å²) >= 11 is 1.78. The highest BCUT2D eigenvalue weighted by Crippen LogP contribution is 2.53. The topological polar surface area (TPSA) is 33.6 Å². The molecule has 4 heterocycles. The minimum atomic E-state index is -2.14. The second-order valence-corrected chi connectivity index (χ2v) is 11.4. The lowest BCUT2D eigenvalue weighted by molar-refractivity contribution is 0.128. The van der Waals surface area contributed by atoms with Gasteiger partial charge in [-0.2, -0.15) is 0 Å². The molecule has 5 rings (SSSR count). The highest BCUT2D eigenvalue weighted by Gasteiger charge is 2.48. The lowest BCUT2D eigenvalue weighted by Gasteiger charge is -2.36. The molecule has 1 N–H and O–H groups in total. The molecule has 0 spiro atoms. The maximum absolute atomic E-state index is 8.97. The van der Waals surface area contributed by atoms with Crippen molar-refractivity contribution in [1.82, 2.24) is 5.32 Å². The first-order chi connectivity index (χ1) is 15.8. The molecule has 1 aliphatic carbocycles. The van der Waals surface area contributed by atoms with Gasteiger partial charge in [0.25, 0.3) is 0 Å². The maximum Gasteiger partial charge on any atom is 0.192 e. The molecule has 4 heteroatoms. The first-order valence-corrected chi connectivity index (χ1v) is 12.0. The molecule has 0 aromatic carbocycles. The highest BCUT2D eigenvalue weighted by atomic mass is 32.2. The molecule has 0 bridgehead atoms. The van der Waals surface area contributed by atoms with E-state index in [9.17, 15) is 0 Å². The Kier molecular flexibility index (Phi) is 3.75. The van der Waals surface area contributed by atoms with Gasteiger partial charge in [-0.05, 0) is 79.3 Å². The lowest BCUT2D eigenvalue weighted by Crippen LogP contribution is -2.45. The lowest BCUT2D eigenvalue weighted by atomic mass is 9.75. The summed E-state index contributed by atoms with van der Waals surface area (Å²) in [6.07, 6.45) is 4.86. The van der Waals surface area contributed by atoms with Crippen molar-refractivity contribution in [3.63, 3.8) is 0 Å². The number of hydrogen-bond donors (Lipinski definition) is 1. The van der Waals surface area contributed by atoms with Crippen molar-refractivity contribution in [1.29, 1.82) is 0 Å². The zero-order chi connectivity index (χ0) is 24.6. The van der Waals surface area contributed by atoms with Crippen LogP contribution < -0.4 is 5.32 Å². The Hall–Kier alpha value is -1.00. The first kappa shape index (κ1) is 14.9. The molecule has 4 aliphatic heterocycles. The summed E-state index contributed by atoms with van der Waals surface area (Å²) in [5.41, 5.74) is 3.10. The molecule has 5 atom stereocenters. The van der Waals surface area contributed by atoms with Crippen LogP contribution in [0.25, 0.3) is 0 Å². The number of hydrogen-bond acceptors (Lipinski definition) is 4. The molecule has 1 fully saturated rings. The number of nitrogens with zero attached hydrogens (tertiary/aromatic N) is 1. The Morgan fingerprint density at radius 3 is 3.00 bits per heavy atom. The van der Waals surface area contributed by atoms with E-state index in [0.29, 0.717) is 24.6 Å². The molecule has 5 aliphatic rings. The molecule has 3 unspecified atom stereocenters. The predicted octanol–water partition coefficient (Wildman–Crippen LogP) is 5.99. The number of ether oxygens (including phenoxy) is 1. The molecule has 0 aromatic heterocycles. The molecule has 0 aromatic rings. The van der Waals surface area contributed by atoms with Crippen molar-refractivity contribution in [2.45, 2.75) is 90.5 Å². The average molecular weight is 418 g/mol. The van der Waals surface area contributed by atoms with Gasteiger partial charge in [0.05, 0.1) is 5.25 Å². The second-order valence-electron chi connectivity index (χ2n) is 10.1. The molecule has 0 amide bonds. The number of aliphatic imine (C=N–C) groups is 1. The van der Waals surface area contributed by atoms with Gasteiger partial charge in [0.15, 0.2) is 6.23 Å². The number of fused-ring (bicyclic) bond motifs is 4. The molecule has 29 heavy (non-hydrogen) atoms. The van der Waals surface area contributed by atoms with Crippen LogP contribution in [0.15, 0.2) is 38.5 Å². The summed E-state index contributed by atoms with van der Waals surface area (Å²) in [4.78, 5) is 5.65. The van der Waals surface area contributed by atoms with Crippen LogP contribution >= 0.6 is 11.8 Å². The monoisotopic (exact) mass is 417 g/mol. The van der Waals surface area contributed by atoms with Crippen LogP contribution in [0.2, 0.25) is 0 Å². The maximum atomic E-state index is 8.97. The van der Waals surface area contributed by atoms with E-state index in [2.05, 4.69) is 23.3 Å². The number of allylic oxidation sites excluding steroid dienone is 3. The average Bonchev–Trinajstić information content (AvgIpc) is 3.28. The molecule has 0 radical (unpaired) electrons.